The summed E-state index contributed by atoms with van der Waals surface area (Å²) in [5.74, 6) is 0.144. The monoisotopic (exact) mass is 248 g/mol. The van der Waals surface area contributed by atoms with E-state index < -0.39 is 5.54 Å². The molecule has 0 aromatic heterocycles. The van der Waals surface area contributed by atoms with Crippen molar-refractivity contribution in [1.29, 1.82) is 5.26 Å². The summed E-state index contributed by atoms with van der Waals surface area (Å²) >= 11 is 0. The molecule has 0 unspecified atom stereocenters. The van der Waals surface area contributed by atoms with Crippen molar-refractivity contribution < 1.29 is 4.79 Å². The first-order valence-electron chi connectivity index (χ1n) is 7.40. The van der Waals surface area contributed by atoms with Gasteiger partial charge in [-0.15, -0.1) is 0 Å². The molecule has 0 spiro atoms. The quantitative estimate of drug-likeness (QED) is 0.833. The molecule has 18 heavy (non-hydrogen) atoms. The lowest BCUT2D eigenvalue weighted by molar-refractivity contribution is -0.132. The number of carbonyl (C=O) groups excluding carboxylic acids is 1. The van der Waals surface area contributed by atoms with Crippen LogP contribution in [0.15, 0.2) is 0 Å². The smallest absolute Gasteiger partial charge is 0.227 e. The van der Waals surface area contributed by atoms with Crippen molar-refractivity contribution in [2.45, 2.75) is 76.7 Å². The maximum Gasteiger partial charge on any atom is 0.227 e. The van der Waals surface area contributed by atoms with Crippen LogP contribution in [0.3, 0.4) is 0 Å². The van der Waals surface area contributed by atoms with Crippen LogP contribution in [0, 0.1) is 16.7 Å². The first-order chi connectivity index (χ1) is 8.66. The van der Waals surface area contributed by atoms with Crippen molar-refractivity contribution in [3.05, 3.63) is 0 Å². The highest BCUT2D eigenvalue weighted by atomic mass is 16.2. The number of nitrogens with one attached hydrogen (secondary N) is 1. The van der Waals surface area contributed by atoms with Gasteiger partial charge in [0.15, 0.2) is 0 Å². The molecular weight excluding hydrogens is 224 g/mol. The molecule has 0 atom stereocenters. The van der Waals surface area contributed by atoms with E-state index in [9.17, 15) is 10.1 Å². The van der Waals surface area contributed by atoms with E-state index in [0.717, 1.165) is 57.8 Å². The predicted molar refractivity (Wildman–Crippen MR) is 70.8 cm³/mol. The summed E-state index contributed by atoms with van der Waals surface area (Å²) < 4.78 is 0. The topological polar surface area (TPSA) is 52.9 Å². The van der Waals surface area contributed by atoms with Gasteiger partial charge >= 0.3 is 0 Å². The molecule has 0 bridgehead atoms. The van der Waals surface area contributed by atoms with Gasteiger partial charge in [-0.25, -0.2) is 0 Å². The SMILES string of the molecule is CCC1(C(=O)NC2(C#N)CCCCC2)CCCC1. The van der Waals surface area contributed by atoms with Crippen LogP contribution in [0.5, 0.6) is 0 Å². The van der Waals surface area contributed by atoms with Crippen LogP contribution in [-0.2, 0) is 4.79 Å². The Bertz CT molecular complexity index is 344. The molecule has 2 aliphatic carbocycles. The van der Waals surface area contributed by atoms with E-state index in [2.05, 4.69) is 18.3 Å². The maximum atomic E-state index is 12.6. The van der Waals surface area contributed by atoms with Crippen molar-refractivity contribution >= 4 is 5.91 Å². The van der Waals surface area contributed by atoms with E-state index in [1.807, 2.05) is 0 Å². The standard InChI is InChI=1S/C15H24N2O/c1-2-14(8-6-7-9-14)13(18)17-15(12-16)10-4-3-5-11-15/h2-11H2,1H3,(H,17,18). The van der Waals surface area contributed by atoms with Crippen LogP contribution in [0.2, 0.25) is 0 Å². The van der Waals surface area contributed by atoms with Gasteiger partial charge in [0.05, 0.1) is 6.07 Å². The Balaban J connectivity index is 2.07. The number of rotatable bonds is 3. The summed E-state index contributed by atoms with van der Waals surface area (Å²) in [5, 5.41) is 12.5. The summed E-state index contributed by atoms with van der Waals surface area (Å²) in [6.07, 6.45) is 10.2. The Morgan fingerprint density at radius 2 is 1.67 bits per heavy atom. The van der Waals surface area contributed by atoms with Crippen LogP contribution in [0.25, 0.3) is 0 Å². The van der Waals surface area contributed by atoms with Gasteiger partial charge in [-0.1, -0.05) is 39.0 Å². The number of amides is 1. The molecule has 0 aromatic rings. The minimum absolute atomic E-state index is 0.144. The average Bonchev–Trinajstić information content (AvgIpc) is 2.90. The van der Waals surface area contributed by atoms with E-state index in [-0.39, 0.29) is 11.3 Å². The van der Waals surface area contributed by atoms with Crippen LogP contribution < -0.4 is 5.32 Å². The van der Waals surface area contributed by atoms with Crippen molar-refractivity contribution in [2.75, 3.05) is 0 Å². The van der Waals surface area contributed by atoms with E-state index >= 15 is 0 Å². The molecule has 2 rings (SSSR count). The Morgan fingerprint density at radius 1 is 1.11 bits per heavy atom. The fourth-order valence-corrected chi connectivity index (χ4v) is 3.56. The summed E-state index contributed by atoms with van der Waals surface area (Å²) in [4.78, 5) is 12.6. The van der Waals surface area contributed by atoms with E-state index in [0.29, 0.717) is 0 Å². The van der Waals surface area contributed by atoms with Crippen LogP contribution in [-0.4, -0.2) is 11.4 Å². The molecule has 2 saturated carbocycles. The van der Waals surface area contributed by atoms with Gasteiger partial charge in [-0.05, 0) is 32.1 Å². The molecule has 2 aliphatic rings. The third-order valence-corrected chi connectivity index (χ3v) is 4.99. The van der Waals surface area contributed by atoms with Gasteiger partial charge in [0.2, 0.25) is 5.91 Å². The van der Waals surface area contributed by atoms with E-state index in [1.54, 1.807) is 0 Å². The number of nitriles is 1. The lowest BCUT2D eigenvalue weighted by Gasteiger charge is -2.36. The summed E-state index contributed by atoms with van der Waals surface area (Å²) in [5.41, 5.74) is -0.749. The molecular formula is C15H24N2O. The normalized spacial score (nSPS) is 25.3. The summed E-state index contributed by atoms with van der Waals surface area (Å²) in [6, 6.07) is 2.38. The molecule has 0 aliphatic heterocycles. The second-order valence-corrected chi connectivity index (χ2v) is 6.05. The number of nitrogens with zero attached hydrogens (tertiary/aromatic N) is 1. The first kappa shape index (κ1) is 13.4. The fraction of sp³-hybridized carbons (Fsp3) is 0.867. The molecule has 1 amide bonds. The molecule has 100 valence electrons. The zero-order valence-corrected chi connectivity index (χ0v) is 11.4. The molecule has 3 nitrogen and oxygen atoms in total. The lowest BCUT2D eigenvalue weighted by Crippen LogP contribution is -2.53. The predicted octanol–water partition coefficient (Wildman–Crippen LogP) is 3.30. The van der Waals surface area contributed by atoms with Crippen molar-refractivity contribution in [3.8, 4) is 6.07 Å². The molecule has 3 heteroatoms. The molecule has 0 saturated heterocycles. The third kappa shape index (κ3) is 2.39. The highest BCUT2D eigenvalue weighted by molar-refractivity contribution is 5.84. The minimum atomic E-state index is -0.569. The zero-order chi connectivity index (χ0) is 13.1. The second kappa shape index (κ2) is 5.30. The highest BCUT2D eigenvalue weighted by Crippen LogP contribution is 2.42. The van der Waals surface area contributed by atoms with Gasteiger partial charge in [0.25, 0.3) is 0 Å². The third-order valence-electron chi connectivity index (χ3n) is 4.99. The highest BCUT2D eigenvalue weighted by Gasteiger charge is 2.43. The van der Waals surface area contributed by atoms with Crippen LogP contribution in [0.4, 0.5) is 0 Å². The van der Waals surface area contributed by atoms with Crippen LogP contribution >= 0.6 is 0 Å². The molecule has 0 radical (unpaired) electrons. The zero-order valence-electron chi connectivity index (χ0n) is 11.4. The largest absolute Gasteiger partial charge is 0.337 e. The van der Waals surface area contributed by atoms with Gasteiger partial charge in [-0.2, -0.15) is 5.26 Å². The maximum absolute atomic E-state index is 12.6. The summed E-state index contributed by atoms with van der Waals surface area (Å²) in [7, 11) is 0. The Hall–Kier alpha value is -1.04. The first-order valence-corrected chi connectivity index (χ1v) is 7.40. The Kier molecular flexibility index (Phi) is 3.94. The second-order valence-electron chi connectivity index (χ2n) is 6.05. The number of carbonyl (C=O) groups is 1. The molecule has 0 heterocycles. The van der Waals surface area contributed by atoms with Gasteiger partial charge in [-0.3, -0.25) is 4.79 Å². The van der Waals surface area contributed by atoms with E-state index in [4.69, 9.17) is 0 Å². The number of hydrogen-bond donors (Lipinski definition) is 1. The van der Waals surface area contributed by atoms with Gasteiger partial charge in [0.1, 0.15) is 5.54 Å². The number of hydrogen-bond acceptors (Lipinski definition) is 2. The molecule has 0 aromatic carbocycles. The van der Waals surface area contributed by atoms with Gasteiger partial charge in [0, 0.05) is 5.41 Å². The van der Waals surface area contributed by atoms with Crippen molar-refractivity contribution in [2.24, 2.45) is 5.41 Å². The average molecular weight is 248 g/mol. The van der Waals surface area contributed by atoms with Crippen molar-refractivity contribution in [3.63, 3.8) is 0 Å². The molecule has 1 N–H and O–H groups in total. The van der Waals surface area contributed by atoms with E-state index in [1.165, 1.54) is 6.42 Å². The fourth-order valence-electron chi connectivity index (χ4n) is 3.56. The Morgan fingerprint density at radius 3 is 2.17 bits per heavy atom. The van der Waals surface area contributed by atoms with Crippen LogP contribution in [0.1, 0.15) is 71.1 Å². The minimum Gasteiger partial charge on any atom is -0.337 e. The summed E-state index contributed by atoms with van der Waals surface area (Å²) in [6.45, 7) is 2.10. The van der Waals surface area contributed by atoms with Gasteiger partial charge < -0.3 is 5.32 Å². The molecule has 2 fully saturated rings. The Labute approximate surface area is 110 Å². The lowest BCUT2D eigenvalue weighted by atomic mass is 9.78. The van der Waals surface area contributed by atoms with Crippen molar-refractivity contribution in [1.82, 2.24) is 5.32 Å².